The van der Waals surface area contributed by atoms with Gasteiger partial charge in [0, 0.05) is 35.9 Å². The Morgan fingerprint density at radius 3 is 2.52 bits per heavy atom. The van der Waals surface area contributed by atoms with Gasteiger partial charge in [-0.2, -0.15) is 0 Å². The van der Waals surface area contributed by atoms with E-state index in [9.17, 15) is 4.39 Å². The SMILES string of the molecule is Cc1ccc(C#Cc2ccc(-c3cn4c(n3)CCCC4)cc2)cc1F. The molecule has 1 aromatic heterocycles. The molecule has 0 aliphatic carbocycles. The number of halogens is 1. The first kappa shape index (κ1) is 15.7. The Morgan fingerprint density at radius 2 is 1.76 bits per heavy atom. The molecule has 0 fully saturated rings. The molecule has 1 aliphatic rings. The van der Waals surface area contributed by atoms with E-state index in [0.29, 0.717) is 11.1 Å². The van der Waals surface area contributed by atoms with Gasteiger partial charge in [0.1, 0.15) is 11.6 Å². The van der Waals surface area contributed by atoms with Crippen LogP contribution in [-0.2, 0) is 13.0 Å². The number of fused-ring (bicyclic) bond motifs is 1. The highest BCUT2D eigenvalue weighted by molar-refractivity contribution is 5.60. The monoisotopic (exact) mass is 330 g/mol. The average molecular weight is 330 g/mol. The van der Waals surface area contributed by atoms with Crippen molar-refractivity contribution in [3.63, 3.8) is 0 Å². The van der Waals surface area contributed by atoms with Gasteiger partial charge >= 0.3 is 0 Å². The van der Waals surface area contributed by atoms with Crippen molar-refractivity contribution in [1.29, 1.82) is 0 Å². The minimum Gasteiger partial charge on any atom is -0.334 e. The van der Waals surface area contributed by atoms with E-state index in [1.165, 1.54) is 24.7 Å². The Labute approximate surface area is 147 Å². The molecule has 0 amide bonds. The van der Waals surface area contributed by atoms with E-state index >= 15 is 0 Å². The summed E-state index contributed by atoms with van der Waals surface area (Å²) in [7, 11) is 0. The molecule has 2 nitrogen and oxygen atoms in total. The molecule has 3 aromatic rings. The Kier molecular flexibility index (Phi) is 4.11. The van der Waals surface area contributed by atoms with Crippen molar-refractivity contribution in [2.24, 2.45) is 0 Å². The molecule has 2 heterocycles. The molecule has 0 spiro atoms. The second kappa shape index (κ2) is 6.57. The first-order valence-electron chi connectivity index (χ1n) is 8.64. The summed E-state index contributed by atoms with van der Waals surface area (Å²) < 4.78 is 15.8. The fraction of sp³-hybridized carbons (Fsp3) is 0.227. The summed E-state index contributed by atoms with van der Waals surface area (Å²) in [5.74, 6) is 7.08. The normalized spacial score (nSPS) is 13.0. The minimum absolute atomic E-state index is 0.217. The maximum Gasteiger partial charge on any atom is 0.127 e. The number of imidazole rings is 1. The molecule has 0 N–H and O–H groups in total. The van der Waals surface area contributed by atoms with Gasteiger partial charge in [0.2, 0.25) is 0 Å². The van der Waals surface area contributed by atoms with Crippen LogP contribution in [0, 0.1) is 24.6 Å². The molecule has 3 heteroatoms. The molecule has 0 unspecified atom stereocenters. The summed E-state index contributed by atoms with van der Waals surface area (Å²) in [4.78, 5) is 4.75. The second-order valence-electron chi connectivity index (χ2n) is 6.48. The van der Waals surface area contributed by atoms with Gasteiger partial charge in [-0.15, -0.1) is 0 Å². The molecule has 2 aromatic carbocycles. The Balaban J connectivity index is 1.55. The van der Waals surface area contributed by atoms with Crippen molar-refractivity contribution in [2.45, 2.75) is 32.7 Å². The number of aromatic nitrogens is 2. The summed E-state index contributed by atoms with van der Waals surface area (Å²) in [5, 5.41) is 0. The predicted octanol–water partition coefficient (Wildman–Crippen LogP) is 4.73. The van der Waals surface area contributed by atoms with Gasteiger partial charge in [-0.05, 0) is 49.6 Å². The van der Waals surface area contributed by atoms with Crippen LogP contribution in [0.2, 0.25) is 0 Å². The lowest BCUT2D eigenvalue weighted by molar-refractivity contribution is 0.522. The Morgan fingerprint density at radius 1 is 1.00 bits per heavy atom. The molecule has 0 saturated carbocycles. The van der Waals surface area contributed by atoms with Crippen LogP contribution >= 0.6 is 0 Å². The topological polar surface area (TPSA) is 17.8 Å². The number of benzene rings is 2. The molecule has 0 saturated heterocycles. The molecule has 1 aliphatic heterocycles. The highest BCUT2D eigenvalue weighted by atomic mass is 19.1. The fourth-order valence-corrected chi connectivity index (χ4v) is 3.09. The summed E-state index contributed by atoms with van der Waals surface area (Å²) >= 11 is 0. The van der Waals surface area contributed by atoms with Crippen LogP contribution < -0.4 is 0 Å². The first-order valence-corrected chi connectivity index (χ1v) is 8.64. The third-order valence-corrected chi connectivity index (χ3v) is 4.61. The van der Waals surface area contributed by atoms with Crippen LogP contribution in [0.1, 0.15) is 35.4 Å². The largest absolute Gasteiger partial charge is 0.334 e. The van der Waals surface area contributed by atoms with Crippen LogP contribution in [0.3, 0.4) is 0 Å². The van der Waals surface area contributed by atoms with E-state index in [0.717, 1.165) is 29.8 Å². The summed E-state index contributed by atoms with van der Waals surface area (Å²) in [6.45, 7) is 2.82. The highest BCUT2D eigenvalue weighted by Crippen LogP contribution is 2.22. The van der Waals surface area contributed by atoms with E-state index in [2.05, 4.69) is 22.6 Å². The molecule has 124 valence electrons. The van der Waals surface area contributed by atoms with Crippen LogP contribution in [0.5, 0.6) is 0 Å². The van der Waals surface area contributed by atoms with Gasteiger partial charge in [-0.25, -0.2) is 9.37 Å². The van der Waals surface area contributed by atoms with Crippen molar-refractivity contribution in [3.8, 4) is 23.1 Å². The van der Waals surface area contributed by atoms with E-state index in [1.807, 2.05) is 30.3 Å². The second-order valence-corrected chi connectivity index (χ2v) is 6.48. The number of rotatable bonds is 1. The van der Waals surface area contributed by atoms with Gasteiger partial charge < -0.3 is 4.57 Å². The van der Waals surface area contributed by atoms with E-state index in [-0.39, 0.29) is 5.82 Å². The molecule has 0 radical (unpaired) electrons. The molecular weight excluding hydrogens is 311 g/mol. The molecule has 25 heavy (non-hydrogen) atoms. The van der Waals surface area contributed by atoms with Crippen LogP contribution in [0.25, 0.3) is 11.3 Å². The molecular formula is C22H19FN2. The lowest BCUT2D eigenvalue weighted by atomic mass is 10.1. The summed E-state index contributed by atoms with van der Waals surface area (Å²) in [5.41, 5.74) is 4.37. The molecule has 0 bridgehead atoms. The zero-order valence-electron chi connectivity index (χ0n) is 14.2. The quantitative estimate of drug-likeness (QED) is 0.590. The Bertz CT molecular complexity index is 948. The molecule has 0 atom stereocenters. The van der Waals surface area contributed by atoms with Crippen LogP contribution in [0.4, 0.5) is 4.39 Å². The zero-order chi connectivity index (χ0) is 17.2. The number of nitrogens with zero attached hydrogens (tertiary/aromatic N) is 2. The van der Waals surface area contributed by atoms with E-state index in [1.54, 1.807) is 13.0 Å². The van der Waals surface area contributed by atoms with Crippen molar-refractivity contribution in [3.05, 3.63) is 77.0 Å². The first-order chi connectivity index (χ1) is 12.2. The van der Waals surface area contributed by atoms with Crippen molar-refractivity contribution >= 4 is 0 Å². The van der Waals surface area contributed by atoms with Crippen molar-refractivity contribution in [1.82, 2.24) is 9.55 Å². The van der Waals surface area contributed by atoms with Gasteiger partial charge in [-0.1, -0.05) is 30.0 Å². The average Bonchev–Trinajstić information content (AvgIpc) is 3.07. The van der Waals surface area contributed by atoms with E-state index in [4.69, 9.17) is 4.98 Å². The van der Waals surface area contributed by atoms with Gasteiger partial charge in [-0.3, -0.25) is 0 Å². The van der Waals surface area contributed by atoms with Crippen molar-refractivity contribution in [2.75, 3.05) is 0 Å². The minimum atomic E-state index is -0.217. The maximum absolute atomic E-state index is 13.6. The van der Waals surface area contributed by atoms with Gasteiger partial charge in [0.05, 0.1) is 5.69 Å². The summed E-state index contributed by atoms with van der Waals surface area (Å²) in [6, 6.07) is 13.2. The maximum atomic E-state index is 13.6. The lowest BCUT2D eigenvalue weighted by Gasteiger charge is -2.11. The van der Waals surface area contributed by atoms with Crippen LogP contribution in [-0.4, -0.2) is 9.55 Å². The summed E-state index contributed by atoms with van der Waals surface area (Å²) in [6.07, 6.45) is 5.67. The van der Waals surface area contributed by atoms with Crippen LogP contribution in [0.15, 0.2) is 48.7 Å². The number of aryl methyl sites for hydroxylation is 3. The highest BCUT2D eigenvalue weighted by Gasteiger charge is 2.12. The zero-order valence-corrected chi connectivity index (χ0v) is 14.2. The third-order valence-electron chi connectivity index (χ3n) is 4.61. The number of hydrogen-bond donors (Lipinski definition) is 0. The fourth-order valence-electron chi connectivity index (χ4n) is 3.09. The molecule has 4 rings (SSSR count). The Hall–Kier alpha value is -2.86. The van der Waals surface area contributed by atoms with E-state index < -0.39 is 0 Å². The predicted molar refractivity (Wildman–Crippen MR) is 97.7 cm³/mol. The van der Waals surface area contributed by atoms with Gasteiger partial charge in [0.25, 0.3) is 0 Å². The number of hydrogen-bond acceptors (Lipinski definition) is 1. The van der Waals surface area contributed by atoms with Gasteiger partial charge in [0.15, 0.2) is 0 Å². The standard InChI is InChI=1S/C22H19FN2/c1-16-5-6-18(14-20(16)23)8-7-17-9-11-19(12-10-17)21-15-25-13-3-2-4-22(25)24-21/h5-6,9-12,14-15H,2-4,13H2,1H3. The third kappa shape index (κ3) is 3.34. The van der Waals surface area contributed by atoms with Crippen molar-refractivity contribution < 1.29 is 4.39 Å². The lowest BCUT2D eigenvalue weighted by Crippen LogP contribution is -2.08. The smallest absolute Gasteiger partial charge is 0.127 e.